The molecule has 1 saturated heterocycles. The minimum absolute atomic E-state index is 0. The zero-order valence-corrected chi connectivity index (χ0v) is 12.6. The summed E-state index contributed by atoms with van der Waals surface area (Å²) in [7, 11) is 0. The molecule has 0 aromatic carbocycles. The number of halogens is 2. The molecule has 1 fully saturated rings. The topological polar surface area (TPSA) is 41.1 Å². The van der Waals surface area contributed by atoms with Crippen molar-refractivity contribution in [2.24, 2.45) is 5.92 Å². The summed E-state index contributed by atoms with van der Waals surface area (Å²) in [5.41, 5.74) is 0. The molecule has 17 heavy (non-hydrogen) atoms. The molecule has 6 heteroatoms. The van der Waals surface area contributed by atoms with E-state index < -0.39 is 0 Å². The predicted octanol–water partition coefficient (Wildman–Crippen LogP) is 2.55. The van der Waals surface area contributed by atoms with Crippen molar-refractivity contribution >= 4 is 45.6 Å². The van der Waals surface area contributed by atoms with Crippen LogP contribution in [0.15, 0.2) is 15.9 Å². The molecule has 0 bridgehead atoms. The second-order valence-corrected chi connectivity index (χ2v) is 5.88. The number of carbonyl (C=O) groups is 1. The molecule has 0 saturated carbocycles. The van der Waals surface area contributed by atoms with Crippen LogP contribution in [0, 0.1) is 5.92 Å². The maximum Gasteiger partial charge on any atom is 0.223 e. The van der Waals surface area contributed by atoms with Gasteiger partial charge in [0.2, 0.25) is 5.91 Å². The number of carbonyl (C=O) groups excluding carboxylic acids is 1. The molecule has 0 radical (unpaired) electrons. The molecule has 2 N–H and O–H groups in total. The monoisotopic (exact) mass is 338 g/mol. The van der Waals surface area contributed by atoms with E-state index in [-0.39, 0.29) is 24.2 Å². The van der Waals surface area contributed by atoms with Gasteiger partial charge in [0.25, 0.3) is 0 Å². The Labute approximate surface area is 120 Å². The van der Waals surface area contributed by atoms with Crippen molar-refractivity contribution in [3.63, 3.8) is 0 Å². The van der Waals surface area contributed by atoms with Crippen LogP contribution in [-0.2, 0) is 11.3 Å². The lowest BCUT2D eigenvalue weighted by atomic mass is 9.97. The van der Waals surface area contributed by atoms with Crippen molar-refractivity contribution in [3.8, 4) is 0 Å². The lowest BCUT2D eigenvalue weighted by Gasteiger charge is -2.21. The van der Waals surface area contributed by atoms with Gasteiger partial charge in [-0.2, -0.15) is 0 Å². The summed E-state index contributed by atoms with van der Waals surface area (Å²) in [5.74, 6) is 0.399. The zero-order valence-electron chi connectivity index (χ0n) is 9.37. The molecule has 1 aliphatic heterocycles. The Kier molecular flexibility index (Phi) is 6.48. The second-order valence-electron chi connectivity index (χ2n) is 3.97. The summed E-state index contributed by atoms with van der Waals surface area (Å²) >= 11 is 5.07. The van der Waals surface area contributed by atoms with E-state index in [4.69, 9.17) is 0 Å². The van der Waals surface area contributed by atoms with E-state index in [9.17, 15) is 4.79 Å². The van der Waals surface area contributed by atoms with Crippen LogP contribution in [0.5, 0.6) is 0 Å². The Morgan fingerprint density at radius 1 is 1.53 bits per heavy atom. The van der Waals surface area contributed by atoms with Crippen LogP contribution in [0.1, 0.15) is 17.7 Å². The van der Waals surface area contributed by atoms with Crippen molar-refractivity contribution < 1.29 is 4.79 Å². The average Bonchev–Trinajstić information content (AvgIpc) is 2.73. The molecule has 0 unspecified atom stereocenters. The normalized spacial score (nSPS) is 16.3. The molecule has 1 aromatic rings. The summed E-state index contributed by atoms with van der Waals surface area (Å²) in [6, 6.07) is 2.05. The highest BCUT2D eigenvalue weighted by atomic mass is 79.9. The van der Waals surface area contributed by atoms with Gasteiger partial charge in [-0.05, 0) is 47.9 Å². The van der Waals surface area contributed by atoms with Gasteiger partial charge in [0.1, 0.15) is 0 Å². The first-order chi connectivity index (χ1) is 7.75. The number of thiophene rings is 1. The molecule has 2 heterocycles. The fraction of sp³-hybridized carbons (Fsp3) is 0.545. The molecule has 96 valence electrons. The standard InChI is InChI=1S/C11H15BrN2OS.ClH/c12-9-5-10(16-7-9)6-14-11(15)8-1-3-13-4-2-8;/h5,7-8,13H,1-4,6H2,(H,14,15);1H. The molecule has 0 atom stereocenters. The largest absolute Gasteiger partial charge is 0.351 e. The highest BCUT2D eigenvalue weighted by Crippen LogP contribution is 2.19. The number of hydrogen-bond donors (Lipinski definition) is 2. The molecule has 0 spiro atoms. The highest BCUT2D eigenvalue weighted by molar-refractivity contribution is 9.10. The highest BCUT2D eigenvalue weighted by Gasteiger charge is 2.20. The Morgan fingerprint density at radius 3 is 2.82 bits per heavy atom. The van der Waals surface area contributed by atoms with Gasteiger partial charge >= 0.3 is 0 Å². The maximum absolute atomic E-state index is 11.8. The zero-order chi connectivity index (χ0) is 11.4. The predicted molar refractivity (Wildman–Crippen MR) is 76.7 cm³/mol. The van der Waals surface area contributed by atoms with Crippen molar-refractivity contribution in [1.29, 1.82) is 0 Å². The Balaban J connectivity index is 0.00000144. The summed E-state index contributed by atoms with van der Waals surface area (Å²) in [4.78, 5) is 13.0. The first-order valence-corrected chi connectivity index (χ1v) is 7.14. The molecule has 1 aliphatic rings. The van der Waals surface area contributed by atoms with Crippen LogP contribution in [0.4, 0.5) is 0 Å². The third-order valence-corrected chi connectivity index (χ3v) is 4.47. The summed E-state index contributed by atoms with van der Waals surface area (Å²) in [6.07, 6.45) is 1.92. The molecular formula is C11H16BrClN2OS. The van der Waals surface area contributed by atoms with Gasteiger partial charge in [-0.3, -0.25) is 4.79 Å². The minimum atomic E-state index is 0. The summed E-state index contributed by atoms with van der Waals surface area (Å²) < 4.78 is 1.09. The fourth-order valence-corrected chi connectivity index (χ4v) is 3.24. The van der Waals surface area contributed by atoms with Gasteiger partial charge < -0.3 is 10.6 Å². The Hall–Kier alpha value is -0.100. The first-order valence-electron chi connectivity index (χ1n) is 5.47. The van der Waals surface area contributed by atoms with Crippen LogP contribution in [0.3, 0.4) is 0 Å². The first kappa shape index (κ1) is 15.0. The summed E-state index contributed by atoms with van der Waals surface area (Å²) in [5, 5.41) is 8.30. The Bertz CT molecular complexity index is 366. The molecule has 1 aromatic heterocycles. The second kappa shape index (κ2) is 7.36. The number of rotatable bonds is 3. The number of piperidine rings is 1. The van der Waals surface area contributed by atoms with Crippen molar-refractivity contribution in [2.75, 3.05) is 13.1 Å². The van der Waals surface area contributed by atoms with Gasteiger partial charge in [-0.1, -0.05) is 0 Å². The van der Waals surface area contributed by atoms with E-state index >= 15 is 0 Å². The molecule has 1 amide bonds. The summed E-state index contributed by atoms with van der Waals surface area (Å²) in [6.45, 7) is 2.57. The maximum atomic E-state index is 11.8. The van der Waals surface area contributed by atoms with E-state index in [1.807, 2.05) is 11.4 Å². The number of nitrogens with one attached hydrogen (secondary N) is 2. The third kappa shape index (κ3) is 4.58. The minimum Gasteiger partial charge on any atom is -0.351 e. The third-order valence-electron chi connectivity index (χ3n) is 2.77. The van der Waals surface area contributed by atoms with Crippen LogP contribution >= 0.6 is 39.7 Å². The van der Waals surface area contributed by atoms with Crippen molar-refractivity contribution in [1.82, 2.24) is 10.6 Å². The molecule has 0 aliphatic carbocycles. The van der Waals surface area contributed by atoms with E-state index in [2.05, 4.69) is 26.6 Å². The van der Waals surface area contributed by atoms with Crippen molar-refractivity contribution in [2.45, 2.75) is 19.4 Å². The van der Waals surface area contributed by atoms with Gasteiger partial charge in [-0.15, -0.1) is 23.7 Å². The molecule has 3 nitrogen and oxygen atoms in total. The van der Waals surface area contributed by atoms with E-state index in [1.165, 1.54) is 4.88 Å². The molecule has 2 rings (SSSR count). The average molecular weight is 340 g/mol. The fourth-order valence-electron chi connectivity index (χ4n) is 1.85. The number of hydrogen-bond acceptors (Lipinski definition) is 3. The van der Waals surface area contributed by atoms with E-state index in [0.29, 0.717) is 6.54 Å². The van der Waals surface area contributed by atoms with Gasteiger partial charge in [0.05, 0.1) is 6.54 Å². The van der Waals surface area contributed by atoms with Gasteiger partial charge in [0, 0.05) is 20.6 Å². The van der Waals surface area contributed by atoms with Crippen LogP contribution in [0.25, 0.3) is 0 Å². The van der Waals surface area contributed by atoms with Crippen LogP contribution < -0.4 is 10.6 Å². The molecular weight excluding hydrogens is 324 g/mol. The van der Waals surface area contributed by atoms with Crippen LogP contribution in [-0.4, -0.2) is 19.0 Å². The lowest BCUT2D eigenvalue weighted by molar-refractivity contribution is -0.125. The number of amides is 1. The quantitative estimate of drug-likeness (QED) is 0.888. The lowest BCUT2D eigenvalue weighted by Crippen LogP contribution is -2.37. The smallest absolute Gasteiger partial charge is 0.223 e. The Morgan fingerprint density at radius 2 is 2.24 bits per heavy atom. The van der Waals surface area contributed by atoms with E-state index in [1.54, 1.807) is 11.3 Å². The SMILES string of the molecule is Cl.O=C(NCc1cc(Br)cs1)C1CCNCC1. The van der Waals surface area contributed by atoms with Gasteiger partial charge in [0.15, 0.2) is 0 Å². The van der Waals surface area contributed by atoms with Crippen molar-refractivity contribution in [3.05, 3.63) is 20.8 Å². The van der Waals surface area contributed by atoms with Crippen LogP contribution in [0.2, 0.25) is 0 Å². The van der Waals surface area contributed by atoms with E-state index in [0.717, 1.165) is 30.4 Å². The van der Waals surface area contributed by atoms with Gasteiger partial charge in [-0.25, -0.2) is 0 Å².